The topological polar surface area (TPSA) is 92.4 Å². The van der Waals surface area contributed by atoms with Crippen LogP contribution in [0.1, 0.15) is 38.8 Å². The van der Waals surface area contributed by atoms with Gasteiger partial charge in [0.1, 0.15) is 0 Å². The maximum absolute atomic E-state index is 11.3. The number of aliphatic hydroxyl groups is 1. The summed E-state index contributed by atoms with van der Waals surface area (Å²) in [6.07, 6.45) is 0.857. The van der Waals surface area contributed by atoms with Crippen molar-refractivity contribution < 1.29 is 13.5 Å². The van der Waals surface area contributed by atoms with E-state index in [4.69, 9.17) is 5.14 Å². The van der Waals surface area contributed by atoms with Crippen LogP contribution in [0.3, 0.4) is 0 Å². The number of sulfonamides is 1. The van der Waals surface area contributed by atoms with Crippen molar-refractivity contribution in [3.8, 4) is 0 Å². The van der Waals surface area contributed by atoms with Crippen LogP contribution in [0.2, 0.25) is 0 Å². The van der Waals surface area contributed by atoms with Gasteiger partial charge in [-0.05, 0) is 37.0 Å². The summed E-state index contributed by atoms with van der Waals surface area (Å²) in [5.41, 5.74) is 0.832. The van der Waals surface area contributed by atoms with Gasteiger partial charge in [0, 0.05) is 12.1 Å². The Kier molecular flexibility index (Phi) is 6.13. The van der Waals surface area contributed by atoms with E-state index in [-0.39, 0.29) is 23.6 Å². The van der Waals surface area contributed by atoms with E-state index >= 15 is 0 Å². The van der Waals surface area contributed by atoms with Crippen molar-refractivity contribution in [2.24, 2.45) is 11.1 Å². The van der Waals surface area contributed by atoms with Crippen LogP contribution in [0.25, 0.3) is 0 Å². The number of rotatable bonds is 7. The molecule has 0 bridgehead atoms. The zero-order valence-corrected chi connectivity index (χ0v) is 13.0. The number of primary sulfonamides is 1. The molecule has 4 N–H and O–H groups in total. The molecule has 0 aromatic heterocycles. The highest BCUT2D eigenvalue weighted by molar-refractivity contribution is 7.89. The molecule has 1 aromatic rings. The summed E-state index contributed by atoms with van der Waals surface area (Å²) in [5, 5.41) is 17.8. The van der Waals surface area contributed by atoms with Crippen molar-refractivity contribution in [1.82, 2.24) is 5.32 Å². The highest BCUT2D eigenvalue weighted by atomic mass is 32.2. The van der Waals surface area contributed by atoms with E-state index in [2.05, 4.69) is 19.2 Å². The first-order chi connectivity index (χ1) is 9.24. The van der Waals surface area contributed by atoms with Gasteiger partial charge in [-0.3, -0.25) is 0 Å². The predicted molar refractivity (Wildman–Crippen MR) is 79.7 cm³/mol. The summed E-state index contributed by atoms with van der Waals surface area (Å²) in [7, 11) is -3.69. The standard InChI is InChI=1S/C14H24N2O3S/c1-10(2)7-13(9-17)16-11(3)12-5-4-6-14(8-12)20(15,18)19/h4-6,8,10-11,13,16-17H,7,9H2,1-3H3,(H2,15,18,19). The van der Waals surface area contributed by atoms with E-state index < -0.39 is 10.0 Å². The van der Waals surface area contributed by atoms with Gasteiger partial charge < -0.3 is 10.4 Å². The lowest BCUT2D eigenvalue weighted by Gasteiger charge is -2.23. The maximum Gasteiger partial charge on any atom is 0.238 e. The normalized spacial score (nSPS) is 15.3. The van der Waals surface area contributed by atoms with Gasteiger partial charge in [-0.2, -0.15) is 0 Å². The average Bonchev–Trinajstić information content (AvgIpc) is 2.36. The number of benzene rings is 1. The van der Waals surface area contributed by atoms with Crippen molar-refractivity contribution in [2.45, 2.75) is 44.2 Å². The third kappa shape index (κ3) is 5.20. The lowest BCUT2D eigenvalue weighted by atomic mass is 10.0. The maximum atomic E-state index is 11.3. The quantitative estimate of drug-likeness (QED) is 0.709. The Hall–Kier alpha value is -0.950. The average molecular weight is 300 g/mol. The van der Waals surface area contributed by atoms with Crippen LogP contribution in [-0.2, 0) is 10.0 Å². The highest BCUT2D eigenvalue weighted by Crippen LogP contribution is 2.18. The van der Waals surface area contributed by atoms with Gasteiger partial charge in [0.15, 0.2) is 0 Å². The summed E-state index contributed by atoms with van der Waals surface area (Å²) < 4.78 is 22.7. The van der Waals surface area contributed by atoms with Crippen molar-refractivity contribution >= 4 is 10.0 Å². The third-order valence-electron chi connectivity index (χ3n) is 3.15. The molecule has 5 nitrogen and oxygen atoms in total. The van der Waals surface area contributed by atoms with Gasteiger partial charge in [0.2, 0.25) is 10.0 Å². The minimum atomic E-state index is -3.69. The Morgan fingerprint density at radius 3 is 2.45 bits per heavy atom. The molecular weight excluding hydrogens is 276 g/mol. The molecule has 6 heteroatoms. The second-order valence-corrected chi connectivity index (χ2v) is 7.08. The SMILES string of the molecule is CC(C)CC(CO)NC(C)c1cccc(S(N)(=O)=O)c1. The molecule has 0 radical (unpaired) electrons. The first kappa shape index (κ1) is 17.1. The number of aliphatic hydroxyl groups excluding tert-OH is 1. The molecule has 0 aliphatic heterocycles. The summed E-state index contributed by atoms with van der Waals surface area (Å²) in [5.74, 6) is 0.475. The molecule has 0 saturated heterocycles. The van der Waals surface area contributed by atoms with E-state index in [0.717, 1.165) is 12.0 Å². The van der Waals surface area contributed by atoms with Crippen molar-refractivity contribution in [2.75, 3.05) is 6.61 Å². The molecular formula is C14H24N2O3S. The largest absolute Gasteiger partial charge is 0.395 e. The van der Waals surface area contributed by atoms with E-state index in [9.17, 15) is 13.5 Å². The van der Waals surface area contributed by atoms with E-state index in [1.54, 1.807) is 12.1 Å². The first-order valence-corrected chi connectivity index (χ1v) is 8.28. The zero-order valence-electron chi connectivity index (χ0n) is 12.2. The Balaban J connectivity index is 2.84. The fourth-order valence-electron chi connectivity index (χ4n) is 2.17. The summed E-state index contributed by atoms with van der Waals surface area (Å²) in [4.78, 5) is 0.105. The molecule has 0 heterocycles. The van der Waals surface area contributed by atoms with Gasteiger partial charge in [0.25, 0.3) is 0 Å². The molecule has 114 valence electrons. The smallest absolute Gasteiger partial charge is 0.238 e. The lowest BCUT2D eigenvalue weighted by Crippen LogP contribution is -2.35. The summed E-state index contributed by atoms with van der Waals surface area (Å²) in [6, 6.07) is 6.48. The minimum Gasteiger partial charge on any atom is -0.395 e. The predicted octanol–water partition coefficient (Wildman–Crippen LogP) is 1.39. The molecule has 2 unspecified atom stereocenters. The van der Waals surface area contributed by atoms with E-state index in [1.807, 2.05) is 13.0 Å². The lowest BCUT2D eigenvalue weighted by molar-refractivity contribution is 0.215. The molecule has 0 aliphatic carbocycles. The summed E-state index contributed by atoms with van der Waals surface area (Å²) in [6.45, 7) is 6.18. The Labute approximate surface area is 121 Å². The van der Waals surface area contributed by atoms with Gasteiger partial charge in [-0.1, -0.05) is 26.0 Å². The van der Waals surface area contributed by atoms with Crippen LogP contribution < -0.4 is 10.5 Å². The monoisotopic (exact) mass is 300 g/mol. The molecule has 2 atom stereocenters. The van der Waals surface area contributed by atoms with Gasteiger partial charge in [-0.25, -0.2) is 13.6 Å². The number of nitrogens with one attached hydrogen (secondary N) is 1. The van der Waals surface area contributed by atoms with Crippen molar-refractivity contribution in [1.29, 1.82) is 0 Å². The van der Waals surface area contributed by atoms with Gasteiger partial charge >= 0.3 is 0 Å². The molecule has 0 spiro atoms. The second kappa shape index (κ2) is 7.17. The van der Waals surface area contributed by atoms with Gasteiger partial charge in [-0.15, -0.1) is 0 Å². The number of hydrogen-bond acceptors (Lipinski definition) is 4. The van der Waals surface area contributed by atoms with Crippen LogP contribution in [0.15, 0.2) is 29.2 Å². The Morgan fingerprint density at radius 1 is 1.30 bits per heavy atom. The molecule has 0 amide bonds. The van der Waals surface area contributed by atoms with Crippen LogP contribution in [-0.4, -0.2) is 26.2 Å². The Morgan fingerprint density at radius 2 is 1.95 bits per heavy atom. The third-order valence-corrected chi connectivity index (χ3v) is 4.06. The number of nitrogens with two attached hydrogens (primary N) is 1. The molecule has 0 aliphatic rings. The van der Waals surface area contributed by atoms with Gasteiger partial charge in [0.05, 0.1) is 11.5 Å². The highest BCUT2D eigenvalue weighted by Gasteiger charge is 2.16. The summed E-state index contributed by atoms with van der Waals surface area (Å²) >= 11 is 0. The van der Waals surface area contributed by atoms with E-state index in [0.29, 0.717) is 5.92 Å². The zero-order chi connectivity index (χ0) is 15.3. The molecule has 0 saturated carbocycles. The van der Waals surface area contributed by atoms with Crippen LogP contribution >= 0.6 is 0 Å². The molecule has 1 rings (SSSR count). The van der Waals surface area contributed by atoms with Crippen LogP contribution in [0.5, 0.6) is 0 Å². The fourth-order valence-corrected chi connectivity index (χ4v) is 2.74. The molecule has 1 aromatic carbocycles. The first-order valence-electron chi connectivity index (χ1n) is 6.73. The molecule has 0 fully saturated rings. The number of hydrogen-bond donors (Lipinski definition) is 3. The van der Waals surface area contributed by atoms with Crippen molar-refractivity contribution in [3.63, 3.8) is 0 Å². The second-order valence-electron chi connectivity index (χ2n) is 5.51. The van der Waals surface area contributed by atoms with E-state index in [1.165, 1.54) is 6.07 Å². The van der Waals surface area contributed by atoms with Crippen LogP contribution in [0, 0.1) is 5.92 Å². The van der Waals surface area contributed by atoms with Crippen LogP contribution in [0.4, 0.5) is 0 Å². The Bertz CT molecular complexity index is 529. The fraction of sp³-hybridized carbons (Fsp3) is 0.571. The minimum absolute atomic E-state index is 0.0110. The molecule has 20 heavy (non-hydrogen) atoms. The van der Waals surface area contributed by atoms with Crippen molar-refractivity contribution in [3.05, 3.63) is 29.8 Å².